The van der Waals surface area contributed by atoms with Crippen LogP contribution in [0.15, 0.2) is 108 Å². The number of amides is 2. The van der Waals surface area contributed by atoms with Gasteiger partial charge in [0.15, 0.2) is 6.29 Å². The molecule has 4 aromatic carbocycles. The van der Waals surface area contributed by atoms with Crippen molar-refractivity contribution in [3.8, 4) is 11.1 Å². The van der Waals surface area contributed by atoms with Crippen molar-refractivity contribution in [1.82, 2.24) is 10.6 Å². The average molecular weight is 653 g/mol. The Morgan fingerprint density at radius 3 is 2.28 bits per heavy atom. The van der Waals surface area contributed by atoms with E-state index in [0.717, 1.165) is 64.8 Å². The van der Waals surface area contributed by atoms with Crippen molar-refractivity contribution in [1.29, 1.82) is 0 Å². The highest BCUT2D eigenvalue weighted by Gasteiger charge is 2.32. The van der Waals surface area contributed by atoms with Crippen LogP contribution >= 0.6 is 11.8 Å². The molecule has 8 heteroatoms. The quantitative estimate of drug-likeness (QED) is 0.0910. The van der Waals surface area contributed by atoms with Crippen LogP contribution in [0.1, 0.15) is 73.7 Å². The van der Waals surface area contributed by atoms with Crippen LogP contribution in [0.2, 0.25) is 0 Å². The van der Waals surface area contributed by atoms with Gasteiger partial charge in [-0.3, -0.25) is 9.59 Å². The van der Waals surface area contributed by atoms with Crippen LogP contribution in [0.3, 0.4) is 0 Å². The maximum absolute atomic E-state index is 12.5. The molecule has 246 valence electrons. The fourth-order valence-corrected chi connectivity index (χ4v) is 6.58. The first kappa shape index (κ1) is 34.4. The van der Waals surface area contributed by atoms with Crippen LogP contribution in [-0.2, 0) is 32.2 Å². The molecule has 47 heavy (non-hydrogen) atoms. The Hall–Kier alpha value is -3.95. The molecule has 1 heterocycles. The molecule has 2 amide bonds. The molecule has 0 radical (unpaired) electrons. The fourth-order valence-electron chi connectivity index (χ4n) is 5.64. The van der Waals surface area contributed by atoms with Crippen molar-refractivity contribution in [2.24, 2.45) is 0 Å². The topological polar surface area (TPSA) is 96.9 Å². The van der Waals surface area contributed by atoms with E-state index >= 15 is 0 Å². The minimum atomic E-state index is -0.519. The Morgan fingerprint density at radius 2 is 1.53 bits per heavy atom. The molecule has 1 aliphatic heterocycles. The zero-order valence-corrected chi connectivity index (χ0v) is 27.7. The second kappa shape index (κ2) is 17.8. The second-order valence-electron chi connectivity index (χ2n) is 11.8. The maximum atomic E-state index is 12.5. The van der Waals surface area contributed by atoms with Gasteiger partial charge in [-0.15, -0.1) is 11.8 Å². The lowest BCUT2D eigenvalue weighted by molar-refractivity contribution is -0.245. The first-order chi connectivity index (χ1) is 23.0. The highest BCUT2D eigenvalue weighted by Crippen LogP contribution is 2.40. The van der Waals surface area contributed by atoms with Crippen LogP contribution < -0.4 is 10.6 Å². The van der Waals surface area contributed by atoms with Crippen LogP contribution in [0.5, 0.6) is 0 Å². The Kier molecular flexibility index (Phi) is 13.0. The molecule has 0 saturated carbocycles. The summed E-state index contributed by atoms with van der Waals surface area (Å²) >= 11 is 1.79. The number of hydrogen-bond acceptors (Lipinski definition) is 6. The van der Waals surface area contributed by atoms with E-state index in [2.05, 4.69) is 65.2 Å². The number of rotatable bonds is 15. The molecule has 0 aromatic heterocycles. The Bertz CT molecular complexity index is 1560. The molecule has 3 atom stereocenters. The van der Waals surface area contributed by atoms with Gasteiger partial charge >= 0.3 is 0 Å². The molecule has 1 aliphatic rings. The molecule has 0 aliphatic carbocycles. The molecular weight excluding hydrogens is 609 g/mol. The Morgan fingerprint density at radius 1 is 0.809 bits per heavy atom. The van der Waals surface area contributed by atoms with Crippen molar-refractivity contribution >= 4 is 23.6 Å². The molecule has 0 bridgehead atoms. The highest BCUT2D eigenvalue weighted by molar-refractivity contribution is 7.99. The second-order valence-corrected chi connectivity index (χ2v) is 12.9. The number of hydrogen-bond donors (Lipinski definition) is 3. The summed E-state index contributed by atoms with van der Waals surface area (Å²) in [6.07, 6.45) is 3.10. The summed E-state index contributed by atoms with van der Waals surface area (Å²) in [6, 6.07) is 34.8. The molecule has 0 spiro atoms. The van der Waals surface area contributed by atoms with E-state index in [0.29, 0.717) is 19.5 Å². The number of carbonyl (C=O) groups is 2. The van der Waals surface area contributed by atoms with E-state index in [1.165, 1.54) is 11.8 Å². The molecule has 7 nitrogen and oxygen atoms in total. The SMILES string of the molecule is CC(=O)NCCCCCC(=O)NCc1ccccc1-c1ccc([C@@H]2O[C@H](CSc3ccccc3)C[C@H](c3ccc(CO)cc3)O2)cc1. The summed E-state index contributed by atoms with van der Waals surface area (Å²) in [4.78, 5) is 24.7. The van der Waals surface area contributed by atoms with Gasteiger partial charge in [0.25, 0.3) is 0 Å². The van der Waals surface area contributed by atoms with Gasteiger partial charge in [-0.2, -0.15) is 0 Å². The molecule has 1 saturated heterocycles. The normalized spacial score (nSPS) is 17.6. The zero-order valence-electron chi connectivity index (χ0n) is 26.9. The van der Waals surface area contributed by atoms with Gasteiger partial charge in [0, 0.05) is 49.1 Å². The van der Waals surface area contributed by atoms with Crippen LogP contribution in [0.4, 0.5) is 0 Å². The first-order valence-corrected chi connectivity index (χ1v) is 17.3. The largest absolute Gasteiger partial charge is 0.392 e. The summed E-state index contributed by atoms with van der Waals surface area (Å²) in [5.74, 6) is 0.814. The van der Waals surface area contributed by atoms with Crippen LogP contribution in [0, 0.1) is 0 Å². The minimum Gasteiger partial charge on any atom is -0.392 e. The molecule has 4 aromatic rings. The Labute approximate surface area is 282 Å². The van der Waals surface area contributed by atoms with Crippen LogP contribution in [-0.4, -0.2) is 35.3 Å². The molecule has 5 rings (SSSR count). The number of aliphatic hydroxyl groups is 1. The maximum Gasteiger partial charge on any atom is 0.220 e. The van der Waals surface area contributed by atoms with Gasteiger partial charge in [0.05, 0.1) is 18.8 Å². The number of carbonyl (C=O) groups excluding carboxylic acids is 2. The molecule has 1 fully saturated rings. The van der Waals surface area contributed by atoms with Gasteiger partial charge in [0.2, 0.25) is 11.8 Å². The van der Waals surface area contributed by atoms with E-state index in [1.807, 2.05) is 48.5 Å². The third-order valence-electron chi connectivity index (χ3n) is 8.24. The van der Waals surface area contributed by atoms with Gasteiger partial charge in [-0.1, -0.05) is 97.4 Å². The van der Waals surface area contributed by atoms with E-state index in [9.17, 15) is 14.7 Å². The molecular formula is C39H44N2O5S. The Balaban J connectivity index is 1.23. The van der Waals surface area contributed by atoms with Crippen molar-refractivity contribution in [2.75, 3.05) is 12.3 Å². The number of aliphatic hydroxyl groups excluding tert-OH is 1. The van der Waals surface area contributed by atoms with E-state index in [1.54, 1.807) is 11.8 Å². The summed E-state index contributed by atoms with van der Waals surface area (Å²) in [5, 5.41) is 15.4. The number of thioether (sulfide) groups is 1. The van der Waals surface area contributed by atoms with E-state index in [-0.39, 0.29) is 30.6 Å². The highest BCUT2D eigenvalue weighted by atomic mass is 32.2. The van der Waals surface area contributed by atoms with Crippen molar-refractivity contribution in [3.05, 3.63) is 125 Å². The summed E-state index contributed by atoms with van der Waals surface area (Å²) in [7, 11) is 0. The summed E-state index contributed by atoms with van der Waals surface area (Å²) < 4.78 is 13.1. The van der Waals surface area contributed by atoms with Crippen molar-refractivity contribution in [3.63, 3.8) is 0 Å². The van der Waals surface area contributed by atoms with Gasteiger partial charge < -0.3 is 25.2 Å². The fraction of sp³-hybridized carbons (Fsp3) is 0.333. The lowest BCUT2D eigenvalue weighted by atomic mass is 9.97. The third-order valence-corrected chi connectivity index (χ3v) is 9.38. The smallest absolute Gasteiger partial charge is 0.220 e. The van der Waals surface area contributed by atoms with Gasteiger partial charge in [-0.05, 0) is 52.8 Å². The van der Waals surface area contributed by atoms with E-state index < -0.39 is 6.29 Å². The predicted octanol–water partition coefficient (Wildman–Crippen LogP) is 7.50. The summed E-state index contributed by atoms with van der Waals surface area (Å²) in [6.45, 7) is 2.63. The first-order valence-electron chi connectivity index (χ1n) is 16.4. The average Bonchev–Trinajstić information content (AvgIpc) is 3.11. The standard InChI is InChI=1S/C39H44N2O5S/c1-28(43)40-23-9-3-6-14-38(44)41-25-33-10-7-8-13-36(33)30-19-21-32(22-20-30)39-45-34(27-47-35-11-4-2-5-12-35)24-37(46-39)31-17-15-29(26-42)16-18-31/h2,4-5,7-8,10-13,15-22,34,37,39,42H,3,6,9,14,23-27H2,1H3,(H,40,43)(H,41,44)/t34-,37+,39+/m0/s1. The lowest BCUT2D eigenvalue weighted by Crippen LogP contribution is -2.31. The number of nitrogens with one attached hydrogen (secondary N) is 2. The van der Waals surface area contributed by atoms with Crippen molar-refractivity contribution in [2.45, 2.75) is 75.6 Å². The minimum absolute atomic E-state index is 0.0114. The number of unbranched alkanes of at least 4 members (excludes halogenated alkanes) is 2. The number of benzene rings is 4. The molecule has 3 N–H and O–H groups in total. The van der Waals surface area contributed by atoms with Gasteiger partial charge in [0.1, 0.15) is 0 Å². The lowest BCUT2D eigenvalue weighted by Gasteiger charge is -2.36. The monoisotopic (exact) mass is 652 g/mol. The summed E-state index contributed by atoms with van der Waals surface area (Å²) in [5.41, 5.74) is 6.07. The zero-order chi connectivity index (χ0) is 32.8. The van der Waals surface area contributed by atoms with Crippen molar-refractivity contribution < 1.29 is 24.2 Å². The van der Waals surface area contributed by atoms with Crippen LogP contribution in [0.25, 0.3) is 11.1 Å². The predicted molar refractivity (Wildman–Crippen MR) is 186 cm³/mol. The number of ether oxygens (including phenoxy) is 2. The van der Waals surface area contributed by atoms with E-state index in [4.69, 9.17) is 9.47 Å². The third kappa shape index (κ3) is 10.5. The molecule has 0 unspecified atom stereocenters. The van der Waals surface area contributed by atoms with Gasteiger partial charge in [-0.25, -0.2) is 0 Å².